The van der Waals surface area contributed by atoms with Crippen molar-refractivity contribution in [3.8, 4) is 0 Å². The van der Waals surface area contributed by atoms with Crippen LogP contribution >= 0.6 is 38.9 Å². The molecule has 0 atom stereocenters. The van der Waals surface area contributed by atoms with E-state index in [2.05, 4.69) is 33.9 Å². The molecule has 2 aromatic rings. The third kappa shape index (κ3) is 2.12. The van der Waals surface area contributed by atoms with Crippen LogP contribution in [0, 0.1) is 0 Å². The van der Waals surface area contributed by atoms with Crippen molar-refractivity contribution >= 4 is 49.9 Å². The first-order valence-electron chi connectivity index (χ1n) is 4.62. The maximum Gasteiger partial charge on any atom is 0.195 e. The van der Waals surface area contributed by atoms with E-state index >= 15 is 0 Å². The Morgan fingerprint density at radius 3 is 3.20 bits per heavy atom. The van der Waals surface area contributed by atoms with Crippen molar-refractivity contribution in [3.63, 3.8) is 0 Å². The lowest BCUT2D eigenvalue weighted by molar-refractivity contribution is 1.11. The number of thiazole rings is 1. The summed E-state index contributed by atoms with van der Waals surface area (Å²) in [4.78, 5) is 5.22. The van der Waals surface area contributed by atoms with Crippen LogP contribution in [0.15, 0.2) is 17.2 Å². The average Bonchev–Trinajstić information content (AvgIpc) is 2.77. The smallest absolute Gasteiger partial charge is 0.195 e. The number of hydrogen-bond acceptors (Lipinski definition) is 2. The summed E-state index contributed by atoms with van der Waals surface area (Å²) < 4.78 is 2.02. The summed E-state index contributed by atoms with van der Waals surface area (Å²) in [5, 5.41) is 3.46. The molecule has 2 rings (SSSR count). The molecule has 0 bridgehead atoms. The lowest BCUT2D eigenvalue weighted by atomic mass is 10.2. The van der Waals surface area contributed by atoms with Crippen molar-refractivity contribution in [2.45, 2.75) is 13.3 Å². The molecule has 0 aromatic carbocycles. The third-order valence-corrected chi connectivity index (χ3v) is 3.98. The Balaban J connectivity index is 2.54. The van der Waals surface area contributed by atoms with E-state index < -0.39 is 0 Å². The van der Waals surface area contributed by atoms with E-state index in [1.807, 2.05) is 16.0 Å². The largest absolute Gasteiger partial charge is 0.289 e. The molecule has 0 unspecified atom stereocenters. The quantitative estimate of drug-likeness (QED) is 0.775. The Labute approximate surface area is 106 Å². The van der Waals surface area contributed by atoms with Gasteiger partial charge in [0.1, 0.15) is 0 Å². The van der Waals surface area contributed by atoms with Crippen LogP contribution in [0.3, 0.4) is 0 Å². The van der Waals surface area contributed by atoms with E-state index in [-0.39, 0.29) is 0 Å². The Hall–Kier alpha value is -0.320. The van der Waals surface area contributed by atoms with E-state index in [0.717, 1.165) is 22.4 Å². The number of nitrogens with zero attached hydrogens (tertiary/aromatic N) is 2. The standard InChI is InChI=1S/C10H10BrClN2S/c1-2-7(6-11)5-8-9(12)13-10-14(8)3-4-15-10/h3-5H,2,6H2,1H3/b7-5-. The van der Waals surface area contributed by atoms with Crippen LogP contribution in [0.2, 0.25) is 5.15 Å². The van der Waals surface area contributed by atoms with Gasteiger partial charge in [0.15, 0.2) is 10.1 Å². The lowest BCUT2D eigenvalue weighted by Gasteiger charge is -1.98. The minimum Gasteiger partial charge on any atom is -0.289 e. The Morgan fingerprint density at radius 2 is 2.53 bits per heavy atom. The number of aromatic nitrogens is 2. The fraction of sp³-hybridized carbons (Fsp3) is 0.300. The van der Waals surface area contributed by atoms with Gasteiger partial charge < -0.3 is 0 Å². The maximum atomic E-state index is 6.08. The van der Waals surface area contributed by atoms with Gasteiger partial charge in [-0.2, -0.15) is 0 Å². The molecule has 0 aliphatic rings. The van der Waals surface area contributed by atoms with Gasteiger partial charge in [-0.3, -0.25) is 4.40 Å². The number of allylic oxidation sites excluding steroid dienone is 1. The first kappa shape index (κ1) is 11.2. The zero-order chi connectivity index (χ0) is 10.8. The SMILES string of the molecule is CC/C(=C/c1c(Cl)nc2sccn12)CBr. The van der Waals surface area contributed by atoms with Gasteiger partial charge in [0.05, 0.1) is 5.69 Å². The van der Waals surface area contributed by atoms with Gasteiger partial charge in [-0.05, 0) is 12.5 Å². The summed E-state index contributed by atoms with van der Waals surface area (Å²) in [5.74, 6) is 0. The Bertz CT molecular complexity index is 494. The molecule has 0 aliphatic carbocycles. The highest BCUT2D eigenvalue weighted by Gasteiger charge is 2.09. The molecule has 2 nitrogen and oxygen atoms in total. The van der Waals surface area contributed by atoms with Gasteiger partial charge in [0, 0.05) is 16.9 Å². The van der Waals surface area contributed by atoms with Crippen LogP contribution in [0.5, 0.6) is 0 Å². The number of fused-ring (bicyclic) bond motifs is 1. The topological polar surface area (TPSA) is 17.3 Å². The van der Waals surface area contributed by atoms with Gasteiger partial charge in [-0.15, -0.1) is 11.3 Å². The molecule has 2 heterocycles. The van der Waals surface area contributed by atoms with Crippen molar-refractivity contribution in [2.24, 2.45) is 0 Å². The molecule has 0 aliphatic heterocycles. The van der Waals surface area contributed by atoms with Crippen LogP contribution in [0.1, 0.15) is 19.0 Å². The van der Waals surface area contributed by atoms with E-state index in [4.69, 9.17) is 11.6 Å². The summed E-state index contributed by atoms with van der Waals surface area (Å²) in [6.07, 6.45) is 5.11. The van der Waals surface area contributed by atoms with Crippen LogP contribution in [0.25, 0.3) is 11.0 Å². The van der Waals surface area contributed by atoms with Crippen LogP contribution < -0.4 is 0 Å². The van der Waals surface area contributed by atoms with Crippen molar-refractivity contribution in [3.05, 3.63) is 28.0 Å². The molecule has 2 aromatic heterocycles. The molecule has 0 radical (unpaired) electrons. The number of alkyl halides is 1. The molecule has 80 valence electrons. The second-order valence-electron chi connectivity index (χ2n) is 3.13. The first-order valence-corrected chi connectivity index (χ1v) is 7.00. The fourth-order valence-electron chi connectivity index (χ4n) is 1.33. The minimum absolute atomic E-state index is 0.578. The van der Waals surface area contributed by atoms with Gasteiger partial charge in [0.25, 0.3) is 0 Å². The number of imidazole rings is 1. The normalized spacial score (nSPS) is 12.6. The molecule has 5 heteroatoms. The van der Waals surface area contributed by atoms with Crippen LogP contribution in [-0.4, -0.2) is 14.7 Å². The molecular formula is C10H10BrClN2S. The average molecular weight is 306 g/mol. The molecular weight excluding hydrogens is 296 g/mol. The highest BCUT2D eigenvalue weighted by Crippen LogP contribution is 2.24. The van der Waals surface area contributed by atoms with E-state index in [0.29, 0.717) is 5.15 Å². The van der Waals surface area contributed by atoms with Gasteiger partial charge >= 0.3 is 0 Å². The Morgan fingerprint density at radius 1 is 1.73 bits per heavy atom. The zero-order valence-corrected chi connectivity index (χ0v) is 11.4. The second kappa shape index (κ2) is 4.68. The van der Waals surface area contributed by atoms with E-state index in [1.165, 1.54) is 5.57 Å². The first-order chi connectivity index (χ1) is 7.26. The number of hydrogen-bond donors (Lipinski definition) is 0. The van der Waals surface area contributed by atoms with Gasteiger partial charge in [-0.1, -0.05) is 40.0 Å². The van der Waals surface area contributed by atoms with Crippen molar-refractivity contribution < 1.29 is 0 Å². The fourth-order valence-corrected chi connectivity index (χ4v) is 2.89. The highest BCUT2D eigenvalue weighted by molar-refractivity contribution is 9.09. The van der Waals surface area contributed by atoms with Gasteiger partial charge in [-0.25, -0.2) is 4.98 Å². The monoisotopic (exact) mass is 304 g/mol. The summed E-state index contributed by atoms with van der Waals surface area (Å²) in [6.45, 7) is 2.13. The van der Waals surface area contributed by atoms with Crippen LogP contribution in [0.4, 0.5) is 0 Å². The van der Waals surface area contributed by atoms with E-state index in [1.54, 1.807) is 11.3 Å². The van der Waals surface area contributed by atoms with Crippen molar-refractivity contribution in [2.75, 3.05) is 5.33 Å². The summed E-state index contributed by atoms with van der Waals surface area (Å²) in [7, 11) is 0. The molecule has 0 spiro atoms. The molecule has 15 heavy (non-hydrogen) atoms. The predicted octanol–water partition coefficient (Wildman–Crippen LogP) is 4.24. The summed E-state index contributed by atoms with van der Waals surface area (Å²) >= 11 is 11.1. The summed E-state index contributed by atoms with van der Waals surface area (Å²) in [5.41, 5.74) is 2.29. The number of rotatable bonds is 3. The zero-order valence-electron chi connectivity index (χ0n) is 8.20. The van der Waals surface area contributed by atoms with Gasteiger partial charge in [0.2, 0.25) is 0 Å². The minimum atomic E-state index is 0.578. The molecule has 0 amide bonds. The Kier molecular flexibility index (Phi) is 3.49. The second-order valence-corrected chi connectivity index (χ2v) is 4.92. The van der Waals surface area contributed by atoms with Crippen molar-refractivity contribution in [1.82, 2.24) is 9.38 Å². The molecule has 0 fully saturated rings. The van der Waals surface area contributed by atoms with Crippen molar-refractivity contribution in [1.29, 1.82) is 0 Å². The lowest BCUT2D eigenvalue weighted by Crippen LogP contribution is -1.86. The highest BCUT2D eigenvalue weighted by atomic mass is 79.9. The predicted molar refractivity (Wildman–Crippen MR) is 70.1 cm³/mol. The maximum absolute atomic E-state index is 6.08. The van der Waals surface area contributed by atoms with E-state index in [9.17, 15) is 0 Å². The molecule has 0 saturated heterocycles. The summed E-state index contributed by atoms with van der Waals surface area (Å²) in [6, 6.07) is 0. The molecule has 0 N–H and O–H groups in total. The number of halogens is 2. The third-order valence-electron chi connectivity index (χ3n) is 2.22. The van der Waals surface area contributed by atoms with Crippen LogP contribution in [-0.2, 0) is 0 Å². The molecule has 0 saturated carbocycles.